The molecular formula is C11H15N3OS. The Morgan fingerprint density at radius 2 is 2.19 bits per heavy atom. The van der Waals surface area contributed by atoms with Crippen LogP contribution in [0.3, 0.4) is 0 Å². The van der Waals surface area contributed by atoms with Gasteiger partial charge >= 0.3 is 6.01 Å². The molecular weight excluding hydrogens is 222 g/mol. The van der Waals surface area contributed by atoms with Crippen molar-refractivity contribution < 1.29 is 4.74 Å². The third-order valence-corrected chi connectivity index (χ3v) is 2.87. The molecule has 4 nitrogen and oxygen atoms in total. The average molecular weight is 237 g/mol. The maximum absolute atomic E-state index is 5.35. The molecule has 0 aliphatic heterocycles. The van der Waals surface area contributed by atoms with Crippen LogP contribution in [0.2, 0.25) is 0 Å². The van der Waals surface area contributed by atoms with Crippen molar-refractivity contribution in [2.45, 2.75) is 20.3 Å². The van der Waals surface area contributed by atoms with Gasteiger partial charge in [0.15, 0.2) is 0 Å². The molecule has 86 valence electrons. The lowest BCUT2D eigenvalue weighted by atomic mass is 10.3. The van der Waals surface area contributed by atoms with E-state index in [9.17, 15) is 0 Å². The number of hydrogen-bond acceptors (Lipinski definition) is 5. The first-order chi connectivity index (χ1) is 7.85. The molecule has 0 aromatic carbocycles. The van der Waals surface area contributed by atoms with Crippen LogP contribution in [-0.2, 0) is 0 Å². The average Bonchev–Trinajstić information content (AvgIpc) is 2.74. The summed E-state index contributed by atoms with van der Waals surface area (Å²) in [6.07, 6.45) is 1.07. The standard InChI is InChI=1S/C11H15N3OS/c1-3-5-12-10-8-6-16-7-9(8)13-11(14-10)15-4-2/h6-7H,3-5H2,1-2H3,(H,12,13,14). The third kappa shape index (κ3) is 2.24. The Kier molecular flexibility index (Phi) is 3.56. The molecule has 0 atom stereocenters. The minimum absolute atomic E-state index is 0.451. The monoisotopic (exact) mass is 237 g/mol. The molecule has 16 heavy (non-hydrogen) atoms. The summed E-state index contributed by atoms with van der Waals surface area (Å²) in [5.41, 5.74) is 0.946. The van der Waals surface area contributed by atoms with Gasteiger partial charge in [0.05, 0.1) is 17.5 Å². The topological polar surface area (TPSA) is 47.0 Å². The molecule has 0 radical (unpaired) electrons. The van der Waals surface area contributed by atoms with E-state index in [0.29, 0.717) is 12.6 Å². The summed E-state index contributed by atoms with van der Waals surface area (Å²) >= 11 is 1.63. The molecule has 0 saturated carbocycles. The molecule has 1 N–H and O–H groups in total. The van der Waals surface area contributed by atoms with Crippen LogP contribution in [0.15, 0.2) is 10.8 Å². The van der Waals surface area contributed by atoms with Crippen molar-refractivity contribution in [3.63, 3.8) is 0 Å². The number of thiophene rings is 1. The highest BCUT2D eigenvalue weighted by Crippen LogP contribution is 2.26. The summed E-state index contributed by atoms with van der Waals surface area (Å²) in [4.78, 5) is 8.69. The van der Waals surface area contributed by atoms with Gasteiger partial charge in [-0.1, -0.05) is 6.92 Å². The maximum Gasteiger partial charge on any atom is 0.318 e. The molecule has 2 aromatic rings. The van der Waals surface area contributed by atoms with Gasteiger partial charge in [-0.3, -0.25) is 0 Å². The van der Waals surface area contributed by atoms with Crippen LogP contribution in [0.25, 0.3) is 10.9 Å². The van der Waals surface area contributed by atoms with Gasteiger partial charge in [-0.05, 0) is 13.3 Å². The van der Waals surface area contributed by atoms with Crippen molar-refractivity contribution in [1.82, 2.24) is 9.97 Å². The van der Waals surface area contributed by atoms with Crippen molar-refractivity contribution in [2.24, 2.45) is 0 Å². The Bertz CT molecular complexity index is 469. The Labute approximate surface area is 98.7 Å². The zero-order chi connectivity index (χ0) is 11.4. The summed E-state index contributed by atoms with van der Waals surface area (Å²) in [6.45, 7) is 5.55. The molecule has 5 heteroatoms. The van der Waals surface area contributed by atoms with E-state index in [1.807, 2.05) is 12.3 Å². The molecule has 0 spiro atoms. The van der Waals surface area contributed by atoms with Gasteiger partial charge in [0.1, 0.15) is 5.82 Å². The van der Waals surface area contributed by atoms with Crippen molar-refractivity contribution >= 4 is 28.1 Å². The number of hydrogen-bond donors (Lipinski definition) is 1. The summed E-state index contributed by atoms with van der Waals surface area (Å²) in [7, 11) is 0. The SMILES string of the molecule is CCCNc1nc(OCC)nc2cscc12. The first-order valence-electron chi connectivity index (χ1n) is 5.45. The highest BCUT2D eigenvalue weighted by atomic mass is 32.1. The van der Waals surface area contributed by atoms with Crippen molar-refractivity contribution in [3.8, 4) is 6.01 Å². The highest BCUT2D eigenvalue weighted by molar-refractivity contribution is 7.09. The predicted octanol–water partition coefficient (Wildman–Crippen LogP) is 2.91. The summed E-state index contributed by atoms with van der Waals surface area (Å²) in [6, 6.07) is 0.451. The predicted molar refractivity (Wildman–Crippen MR) is 67.4 cm³/mol. The van der Waals surface area contributed by atoms with Crippen LogP contribution in [-0.4, -0.2) is 23.1 Å². The molecule has 0 bridgehead atoms. The zero-order valence-electron chi connectivity index (χ0n) is 9.49. The number of rotatable bonds is 5. The summed E-state index contributed by atoms with van der Waals surface area (Å²) < 4.78 is 5.35. The minimum Gasteiger partial charge on any atom is -0.464 e. The Balaban J connectivity index is 2.38. The second kappa shape index (κ2) is 5.12. The Hall–Kier alpha value is -1.36. The molecule has 2 aromatic heterocycles. The number of nitrogens with one attached hydrogen (secondary N) is 1. The fourth-order valence-corrected chi connectivity index (χ4v) is 2.15. The minimum atomic E-state index is 0.451. The van der Waals surface area contributed by atoms with E-state index in [2.05, 4.69) is 27.6 Å². The molecule has 0 amide bonds. The largest absolute Gasteiger partial charge is 0.464 e. The maximum atomic E-state index is 5.35. The van der Waals surface area contributed by atoms with Crippen LogP contribution < -0.4 is 10.1 Å². The lowest BCUT2D eigenvalue weighted by Crippen LogP contribution is -2.05. The third-order valence-electron chi connectivity index (χ3n) is 2.14. The van der Waals surface area contributed by atoms with E-state index in [1.54, 1.807) is 11.3 Å². The highest BCUT2D eigenvalue weighted by Gasteiger charge is 2.08. The smallest absolute Gasteiger partial charge is 0.318 e. The van der Waals surface area contributed by atoms with Crippen LogP contribution in [0, 0.1) is 0 Å². The Morgan fingerprint density at radius 3 is 2.94 bits per heavy atom. The van der Waals surface area contributed by atoms with Crippen LogP contribution in [0.1, 0.15) is 20.3 Å². The molecule has 0 aliphatic carbocycles. The summed E-state index contributed by atoms with van der Waals surface area (Å²) in [5.74, 6) is 0.872. The number of fused-ring (bicyclic) bond motifs is 1. The van der Waals surface area contributed by atoms with E-state index in [-0.39, 0.29) is 0 Å². The lowest BCUT2D eigenvalue weighted by Gasteiger charge is -2.07. The molecule has 0 saturated heterocycles. The summed E-state index contributed by atoms with van der Waals surface area (Å²) in [5, 5.41) is 8.44. The van der Waals surface area contributed by atoms with E-state index >= 15 is 0 Å². The van der Waals surface area contributed by atoms with E-state index in [1.165, 1.54) is 0 Å². The van der Waals surface area contributed by atoms with Gasteiger partial charge in [-0.2, -0.15) is 9.97 Å². The van der Waals surface area contributed by atoms with E-state index < -0.39 is 0 Å². The van der Waals surface area contributed by atoms with Crippen LogP contribution in [0.4, 0.5) is 5.82 Å². The van der Waals surface area contributed by atoms with Gasteiger partial charge in [0, 0.05) is 17.3 Å². The zero-order valence-corrected chi connectivity index (χ0v) is 10.3. The first kappa shape index (κ1) is 11.1. The molecule has 0 fully saturated rings. The fraction of sp³-hybridized carbons (Fsp3) is 0.455. The van der Waals surface area contributed by atoms with Gasteiger partial charge in [-0.25, -0.2) is 0 Å². The molecule has 0 unspecified atom stereocenters. The second-order valence-corrected chi connectivity index (χ2v) is 4.13. The fourth-order valence-electron chi connectivity index (χ4n) is 1.41. The molecule has 2 heterocycles. The molecule has 0 aliphatic rings. The normalized spacial score (nSPS) is 10.6. The van der Waals surface area contributed by atoms with Crippen molar-refractivity contribution in [3.05, 3.63) is 10.8 Å². The first-order valence-corrected chi connectivity index (χ1v) is 6.40. The van der Waals surface area contributed by atoms with Crippen LogP contribution in [0.5, 0.6) is 6.01 Å². The van der Waals surface area contributed by atoms with Crippen LogP contribution >= 0.6 is 11.3 Å². The van der Waals surface area contributed by atoms with Gasteiger partial charge < -0.3 is 10.1 Å². The van der Waals surface area contributed by atoms with E-state index in [0.717, 1.165) is 29.7 Å². The van der Waals surface area contributed by atoms with E-state index in [4.69, 9.17) is 4.74 Å². The quantitative estimate of drug-likeness (QED) is 0.868. The second-order valence-electron chi connectivity index (χ2n) is 3.39. The van der Waals surface area contributed by atoms with Gasteiger partial charge in [0.25, 0.3) is 0 Å². The van der Waals surface area contributed by atoms with Gasteiger partial charge in [0.2, 0.25) is 0 Å². The Morgan fingerprint density at radius 1 is 1.31 bits per heavy atom. The van der Waals surface area contributed by atoms with Crippen molar-refractivity contribution in [2.75, 3.05) is 18.5 Å². The van der Waals surface area contributed by atoms with Gasteiger partial charge in [-0.15, -0.1) is 11.3 Å². The lowest BCUT2D eigenvalue weighted by molar-refractivity contribution is 0.314. The number of anilines is 1. The number of aromatic nitrogens is 2. The van der Waals surface area contributed by atoms with Crippen molar-refractivity contribution in [1.29, 1.82) is 0 Å². The number of nitrogens with zero attached hydrogens (tertiary/aromatic N) is 2. The molecule has 2 rings (SSSR count). The number of ether oxygens (including phenoxy) is 1.